The summed E-state index contributed by atoms with van der Waals surface area (Å²) in [5.74, 6) is 0. The average Bonchev–Trinajstić information content (AvgIpc) is 2.27. The minimum Gasteiger partial charge on any atom is -0.370 e. The molecule has 0 atom stereocenters. The number of hydrogen-bond donors (Lipinski definition) is 0. The monoisotopic (exact) mass is 200 g/mol. The molecule has 0 aliphatic heterocycles. The molecule has 1 aromatic rings. The molecule has 0 heterocycles. The summed E-state index contributed by atoms with van der Waals surface area (Å²) in [4.78, 5) is 2.18. The molecule has 78 valence electrons. The summed E-state index contributed by atoms with van der Waals surface area (Å²) in [6.45, 7) is 5.84. The largest absolute Gasteiger partial charge is 0.370 e. The van der Waals surface area contributed by atoms with Gasteiger partial charge >= 0.3 is 0 Å². The van der Waals surface area contributed by atoms with Gasteiger partial charge in [0.05, 0.1) is 6.07 Å². The first kappa shape index (κ1) is 11.3. The summed E-state index contributed by atoms with van der Waals surface area (Å²) in [7, 11) is 0. The van der Waals surface area contributed by atoms with Crippen LogP contribution in [-0.2, 0) is 6.54 Å². The maximum absolute atomic E-state index is 8.59. The summed E-state index contributed by atoms with van der Waals surface area (Å²) in [6.07, 6.45) is 1.59. The predicted octanol–water partition coefficient (Wildman–Crippen LogP) is 2.94. The second-order valence-corrected chi connectivity index (χ2v) is 3.41. The van der Waals surface area contributed by atoms with Gasteiger partial charge in [0.15, 0.2) is 0 Å². The fourth-order valence-electron chi connectivity index (χ4n) is 1.47. The maximum Gasteiger partial charge on any atom is 0.0930 e. The lowest BCUT2D eigenvalue weighted by atomic mass is 10.2. The summed E-state index contributed by atoms with van der Waals surface area (Å²) < 4.78 is 0. The minimum atomic E-state index is 0.862. The lowest BCUT2D eigenvalue weighted by Gasteiger charge is -2.23. The SMILES string of the molecule is CCN(Cc1ccccc1)/C(C)=C\C#N. The van der Waals surface area contributed by atoms with Crippen molar-refractivity contribution in [2.45, 2.75) is 20.4 Å². The molecule has 0 aromatic heterocycles. The van der Waals surface area contributed by atoms with Crippen molar-refractivity contribution in [1.29, 1.82) is 5.26 Å². The van der Waals surface area contributed by atoms with Crippen LogP contribution >= 0.6 is 0 Å². The Morgan fingerprint density at radius 3 is 2.60 bits per heavy atom. The Kier molecular flexibility index (Phi) is 4.43. The van der Waals surface area contributed by atoms with Crippen molar-refractivity contribution in [1.82, 2.24) is 4.90 Å². The van der Waals surface area contributed by atoms with Crippen molar-refractivity contribution in [2.75, 3.05) is 6.54 Å². The molecule has 2 heteroatoms. The van der Waals surface area contributed by atoms with Crippen LogP contribution in [0.3, 0.4) is 0 Å². The molecule has 0 bridgehead atoms. The topological polar surface area (TPSA) is 27.0 Å². The third-order valence-electron chi connectivity index (χ3n) is 2.37. The van der Waals surface area contributed by atoms with Gasteiger partial charge in [-0.05, 0) is 19.4 Å². The molecule has 0 spiro atoms. The van der Waals surface area contributed by atoms with Crippen LogP contribution < -0.4 is 0 Å². The molecule has 2 nitrogen and oxygen atoms in total. The Morgan fingerprint density at radius 2 is 2.07 bits per heavy atom. The zero-order valence-corrected chi connectivity index (χ0v) is 9.27. The molecule has 1 rings (SSSR count). The third-order valence-corrected chi connectivity index (χ3v) is 2.37. The van der Waals surface area contributed by atoms with Gasteiger partial charge in [-0.3, -0.25) is 0 Å². The number of benzene rings is 1. The van der Waals surface area contributed by atoms with Crippen molar-refractivity contribution in [2.24, 2.45) is 0 Å². The van der Waals surface area contributed by atoms with Crippen molar-refractivity contribution in [3.05, 3.63) is 47.7 Å². The molecule has 15 heavy (non-hydrogen) atoms. The van der Waals surface area contributed by atoms with Gasteiger partial charge in [0.1, 0.15) is 0 Å². The van der Waals surface area contributed by atoms with Crippen LogP contribution in [0.1, 0.15) is 19.4 Å². The Bertz CT molecular complexity index is 360. The van der Waals surface area contributed by atoms with Gasteiger partial charge < -0.3 is 4.90 Å². The highest BCUT2D eigenvalue weighted by Crippen LogP contribution is 2.09. The second kappa shape index (κ2) is 5.87. The van der Waals surface area contributed by atoms with Gasteiger partial charge in [0.2, 0.25) is 0 Å². The summed E-state index contributed by atoms with van der Waals surface area (Å²) >= 11 is 0. The first-order chi connectivity index (χ1) is 7.27. The van der Waals surface area contributed by atoms with Crippen LogP contribution in [0.25, 0.3) is 0 Å². The Labute approximate surface area is 91.4 Å². The van der Waals surface area contributed by atoms with Gasteiger partial charge in [0.25, 0.3) is 0 Å². The van der Waals surface area contributed by atoms with E-state index in [9.17, 15) is 0 Å². The second-order valence-electron chi connectivity index (χ2n) is 3.41. The van der Waals surface area contributed by atoms with Gasteiger partial charge in [-0.2, -0.15) is 5.26 Å². The van der Waals surface area contributed by atoms with E-state index in [2.05, 4.69) is 30.0 Å². The molecule has 0 fully saturated rings. The number of allylic oxidation sites excluding steroid dienone is 2. The van der Waals surface area contributed by atoms with Crippen LogP contribution in [0, 0.1) is 11.3 Å². The number of rotatable bonds is 4. The van der Waals surface area contributed by atoms with Crippen LogP contribution in [0.5, 0.6) is 0 Å². The smallest absolute Gasteiger partial charge is 0.0930 e. The average molecular weight is 200 g/mol. The van der Waals surface area contributed by atoms with Crippen LogP contribution in [0.15, 0.2) is 42.1 Å². The van der Waals surface area contributed by atoms with Gasteiger partial charge in [-0.25, -0.2) is 0 Å². The summed E-state index contributed by atoms with van der Waals surface area (Å²) in [5, 5.41) is 8.59. The van der Waals surface area contributed by atoms with Gasteiger partial charge in [-0.1, -0.05) is 30.3 Å². The van der Waals surface area contributed by atoms with E-state index >= 15 is 0 Å². The van der Waals surface area contributed by atoms with E-state index in [1.807, 2.05) is 25.1 Å². The zero-order chi connectivity index (χ0) is 11.1. The summed E-state index contributed by atoms with van der Waals surface area (Å²) in [6, 6.07) is 12.3. The van der Waals surface area contributed by atoms with Crippen molar-refractivity contribution < 1.29 is 0 Å². The highest BCUT2D eigenvalue weighted by atomic mass is 15.1. The first-order valence-electron chi connectivity index (χ1n) is 5.13. The molecule has 0 unspecified atom stereocenters. The Hall–Kier alpha value is -1.75. The zero-order valence-electron chi connectivity index (χ0n) is 9.27. The Balaban J connectivity index is 2.71. The van der Waals surface area contributed by atoms with Gasteiger partial charge in [0, 0.05) is 24.9 Å². The van der Waals surface area contributed by atoms with Gasteiger partial charge in [-0.15, -0.1) is 0 Å². The van der Waals surface area contributed by atoms with E-state index < -0.39 is 0 Å². The molecular weight excluding hydrogens is 184 g/mol. The Morgan fingerprint density at radius 1 is 1.40 bits per heavy atom. The van der Waals surface area contributed by atoms with E-state index in [1.165, 1.54) is 5.56 Å². The number of hydrogen-bond acceptors (Lipinski definition) is 2. The molecule has 1 aromatic carbocycles. The molecule has 0 aliphatic rings. The molecule has 0 saturated carbocycles. The van der Waals surface area contributed by atoms with Crippen LogP contribution in [0.4, 0.5) is 0 Å². The predicted molar refractivity (Wildman–Crippen MR) is 61.9 cm³/mol. The van der Waals surface area contributed by atoms with E-state index in [0.29, 0.717) is 0 Å². The molecule has 0 amide bonds. The van der Waals surface area contributed by atoms with E-state index in [1.54, 1.807) is 6.08 Å². The quantitative estimate of drug-likeness (QED) is 0.699. The molecule has 0 radical (unpaired) electrons. The number of nitrogens with zero attached hydrogens (tertiary/aromatic N) is 2. The van der Waals surface area contributed by atoms with Crippen molar-refractivity contribution in [3.63, 3.8) is 0 Å². The summed E-state index contributed by atoms with van der Waals surface area (Å²) in [5.41, 5.74) is 2.29. The minimum absolute atomic E-state index is 0.862. The van der Waals surface area contributed by atoms with Crippen LogP contribution in [-0.4, -0.2) is 11.4 Å². The highest BCUT2D eigenvalue weighted by molar-refractivity contribution is 5.17. The standard InChI is InChI=1S/C13H16N2/c1-3-15(12(2)9-10-14)11-13-7-5-4-6-8-13/h4-9H,3,11H2,1-2H3/b12-9-. The van der Waals surface area contributed by atoms with E-state index in [-0.39, 0.29) is 0 Å². The first-order valence-corrected chi connectivity index (χ1v) is 5.13. The van der Waals surface area contributed by atoms with E-state index in [4.69, 9.17) is 5.26 Å². The molecule has 0 N–H and O–H groups in total. The normalized spacial score (nSPS) is 10.9. The van der Waals surface area contributed by atoms with E-state index in [0.717, 1.165) is 18.8 Å². The highest BCUT2D eigenvalue weighted by Gasteiger charge is 2.03. The lowest BCUT2D eigenvalue weighted by Crippen LogP contribution is -2.20. The fraction of sp³-hybridized carbons (Fsp3) is 0.308. The van der Waals surface area contributed by atoms with Crippen LogP contribution in [0.2, 0.25) is 0 Å². The third kappa shape index (κ3) is 3.47. The molecule has 0 aliphatic carbocycles. The lowest BCUT2D eigenvalue weighted by molar-refractivity contribution is 0.356. The fourth-order valence-corrected chi connectivity index (χ4v) is 1.47. The van der Waals surface area contributed by atoms with Crippen molar-refractivity contribution >= 4 is 0 Å². The maximum atomic E-state index is 8.59. The van der Waals surface area contributed by atoms with Crippen molar-refractivity contribution in [3.8, 4) is 6.07 Å². The number of nitriles is 1. The molecular formula is C13H16N2. The molecule has 0 saturated heterocycles.